The van der Waals surface area contributed by atoms with Crippen molar-refractivity contribution in [2.75, 3.05) is 0 Å². The van der Waals surface area contributed by atoms with E-state index in [2.05, 4.69) is 5.32 Å². The summed E-state index contributed by atoms with van der Waals surface area (Å²) in [5.41, 5.74) is 1.77. The summed E-state index contributed by atoms with van der Waals surface area (Å²) in [4.78, 5) is 12.1. The largest absolute Gasteiger partial charge is 0.508 e. The Balaban J connectivity index is 1.65. The molecule has 0 aliphatic heterocycles. The highest BCUT2D eigenvalue weighted by molar-refractivity contribution is 5.79. The predicted octanol–water partition coefficient (Wildman–Crippen LogP) is 3.18. The zero-order chi connectivity index (χ0) is 16.1. The fraction of sp³-hybridized carbons (Fsp3) is 0.316. The maximum Gasteiger partial charge on any atom is 0.224 e. The molecule has 1 fully saturated rings. The number of benzene rings is 2. The molecule has 120 valence electrons. The van der Waals surface area contributed by atoms with Crippen molar-refractivity contribution in [3.8, 4) is 11.5 Å². The van der Waals surface area contributed by atoms with Gasteiger partial charge in [0.05, 0.1) is 6.42 Å². The van der Waals surface area contributed by atoms with Crippen LogP contribution in [0.4, 0.5) is 0 Å². The zero-order valence-corrected chi connectivity index (χ0v) is 13.0. The first kappa shape index (κ1) is 15.4. The van der Waals surface area contributed by atoms with Crippen molar-refractivity contribution in [3.63, 3.8) is 0 Å². The van der Waals surface area contributed by atoms with Gasteiger partial charge in [0.15, 0.2) is 0 Å². The number of phenolic OH excluding ortho intramolecular Hbond substituents is 1. The SMILES string of the molecule is O=C(Cc1cc(O)ccc1OCc1ccccc1)NC1CCC1. The maximum absolute atomic E-state index is 12.1. The summed E-state index contributed by atoms with van der Waals surface area (Å²) in [5.74, 6) is 0.753. The van der Waals surface area contributed by atoms with Gasteiger partial charge in [-0.1, -0.05) is 30.3 Å². The Morgan fingerprint density at radius 2 is 1.96 bits per heavy atom. The van der Waals surface area contributed by atoms with Gasteiger partial charge in [0, 0.05) is 11.6 Å². The minimum atomic E-state index is -0.0233. The Bertz CT molecular complexity index is 666. The van der Waals surface area contributed by atoms with E-state index >= 15 is 0 Å². The Morgan fingerprint density at radius 1 is 1.17 bits per heavy atom. The van der Waals surface area contributed by atoms with Gasteiger partial charge < -0.3 is 15.2 Å². The monoisotopic (exact) mass is 311 g/mol. The summed E-state index contributed by atoms with van der Waals surface area (Å²) in [6, 6.07) is 15.1. The van der Waals surface area contributed by atoms with E-state index in [0.29, 0.717) is 24.0 Å². The van der Waals surface area contributed by atoms with Crippen LogP contribution in [0.1, 0.15) is 30.4 Å². The molecule has 4 heteroatoms. The van der Waals surface area contributed by atoms with Crippen LogP contribution < -0.4 is 10.1 Å². The lowest BCUT2D eigenvalue weighted by molar-refractivity contribution is -0.121. The number of hydrogen-bond donors (Lipinski definition) is 2. The van der Waals surface area contributed by atoms with Crippen LogP contribution in [0.3, 0.4) is 0 Å². The van der Waals surface area contributed by atoms with Crippen molar-refractivity contribution in [1.29, 1.82) is 0 Å². The Kier molecular flexibility index (Phi) is 4.81. The van der Waals surface area contributed by atoms with Crippen LogP contribution in [0.5, 0.6) is 11.5 Å². The van der Waals surface area contributed by atoms with Crippen LogP contribution in [0.25, 0.3) is 0 Å². The second kappa shape index (κ2) is 7.18. The molecule has 23 heavy (non-hydrogen) atoms. The van der Waals surface area contributed by atoms with Crippen molar-refractivity contribution in [1.82, 2.24) is 5.32 Å². The van der Waals surface area contributed by atoms with Crippen molar-refractivity contribution in [3.05, 3.63) is 59.7 Å². The van der Waals surface area contributed by atoms with Gasteiger partial charge >= 0.3 is 0 Å². The molecule has 0 radical (unpaired) electrons. The second-order valence-electron chi connectivity index (χ2n) is 5.94. The molecule has 1 saturated carbocycles. The van der Waals surface area contributed by atoms with Gasteiger partial charge in [0.25, 0.3) is 0 Å². The van der Waals surface area contributed by atoms with Crippen LogP contribution in [-0.2, 0) is 17.8 Å². The Hall–Kier alpha value is -2.49. The molecule has 0 atom stereocenters. The lowest BCUT2D eigenvalue weighted by Crippen LogP contribution is -2.40. The molecule has 3 rings (SSSR count). The number of aromatic hydroxyl groups is 1. The molecule has 2 aromatic carbocycles. The summed E-state index contributed by atoms with van der Waals surface area (Å²) in [7, 11) is 0. The molecule has 0 saturated heterocycles. The highest BCUT2D eigenvalue weighted by Crippen LogP contribution is 2.25. The molecule has 2 N–H and O–H groups in total. The third kappa shape index (κ3) is 4.25. The quantitative estimate of drug-likeness (QED) is 0.861. The van der Waals surface area contributed by atoms with Gasteiger partial charge in [-0.15, -0.1) is 0 Å². The number of ether oxygens (including phenoxy) is 1. The minimum absolute atomic E-state index is 0.0233. The van der Waals surface area contributed by atoms with Gasteiger partial charge in [-0.3, -0.25) is 4.79 Å². The minimum Gasteiger partial charge on any atom is -0.508 e. The second-order valence-corrected chi connectivity index (χ2v) is 5.94. The average molecular weight is 311 g/mol. The van der Waals surface area contributed by atoms with Crippen LogP contribution in [0, 0.1) is 0 Å². The first-order valence-corrected chi connectivity index (χ1v) is 7.99. The number of carbonyl (C=O) groups excluding carboxylic acids is 1. The number of phenols is 1. The number of rotatable bonds is 6. The van der Waals surface area contributed by atoms with E-state index in [1.54, 1.807) is 18.2 Å². The molecule has 4 nitrogen and oxygen atoms in total. The van der Waals surface area contributed by atoms with E-state index in [4.69, 9.17) is 4.74 Å². The maximum atomic E-state index is 12.1. The molecule has 0 spiro atoms. The number of hydrogen-bond acceptors (Lipinski definition) is 3. The molecule has 0 bridgehead atoms. The highest BCUT2D eigenvalue weighted by atomic mass is 16.5. The first-order chi connectivity index (χ1) is 11.2. The fourth-order valence-electron chi connectivity index (χ4n) is 2.58. The van der Waals surface area contributed by atoms with Crippen LogP contribution >= 0.6 is 0 Å². The summed E-state index contributed by atoms with van der Waals surface area (Å²) >= 11 is 0. The Morgan fingerprint density at radius 3 is 2.65 bits per heavy atom. The van der Waals surface area contributed by atoms with Gasteiger partial charge in [-0.05, 0) is 43.0 Å². The third-order valence-corrected chi connectivity index (χ3v) is 4.10. The van der Waals surface area contributed by atoms with Crippen LogP contribution in [0.2, 0.25) is 0 Å². The van der Waals surface area contributed by atoms with Crippen molar-refractivity contribution >= 4 is 5.91 Å². The van der Waals surface area contributed by atoms with Gasteiger partial charge in [0.2, 0.25) is 5.91 Å². The van der Waals surface area contributed by atoms with E-state index < -0.39 is 0 Å². The van der Waals surface area contributed by atoms with Crippen LogP contribution in [-0.4, -0.2) is 17.1 Å². The first-order valence-electron chi connectivity index (χ1n) is 7.99. The molecule has 0 aromatic heterocycles. The van der Waals surface area contributed by atoms with E-state index in [-0.39, 0.29) is 18.1 Å². The number of carbonyl (C=O) groups is 1. The van der Waals surface area contributed by atoms with Gasteiger partial charge in [-0.25, -0.2) is 0 Å². The normalized spacial score (nSPS) is 14.1. The van der Waals surface area contributed by atoms with Gasteiger partial charge in [-0.2, -0.15) is 0 Å². The number of nitrogens with one attached hydrogen (secondary N) is 1. The molecular weight excluding hydrogens is 290 g/mol. The molecule has 1 aliphatic carbocycles. The van der Waals surface area contributed by atoms with E-state index in [0.717, 1.165) is 18.4 Å². The standard InChI is InChI=1S/C19H21NO3/c21-17-9-10-18(23-13-14-5-2-1-3-6-14)15(11-17)12-19(22)20-16-7-4-8-16/h1-3,5-6,9-11,16,21H,4,7-8,12-13H2,(H,20,22). The average Bonchev–Trinajstić information content (AvgIpc) is 2.51. The predicted molar refractivity (Wildman–Crippen MR) is 88.4 cm³/mol. The molecular formula is C19H21NO3. The summed E-state index contributed by atoms with van der Waals surface area (Å²) in [5, 5.41) is 12.7. The number of amides is 1. The lowest BCUT2D eigenvalue weighted by Gasteiger charge is -2.26. The van der Waals surface area contributed by atoms with E-state index in [1.807, 2.05) is 30.3 Å². The van der Waals surface area contributed by atoms with E-state index in [9.17, 15) is 9.90 Å². The van der Waals surface area contributed by atoms with Crippen LogP contribution in [0.15, 0.2) is 48.5 Å². The molecule has 1 aliphatic rings. The molecule has 0 heterocycles. The summed E-state index contributed by atoms with van der Waals surface area (Å²) < 4.78 is 5.83. The van der Waals surface area contributed by atoms with Crippen molar-refractivity contribution in [2.24, 2.45) is 0 Å². The van der Waals surface area contributed by atoms with Gasteiger partial charge in [0.1, 0.15) is 18.1 Å². The fourth-order valence-corrected chi connectivity index (χ4v) is 2.58. The smallest absolute Gasteiger partial charge is 0.224 e. The highest BCUT2D eigenvalue weighted by Gasteiger charge is 2.20. The lowest BCUT2D eigenvalue weighted by atomic mass is 9.93. The Labute approximate surface area is 136 Å². The third-order valence-electron chi connectivity index (χ3n) is 4.10. The molecule has 0 unspecified atom stereocenters. The summed E-state index contributed by atoms with van der Waals surface area (Å²) in [6.45, 7) is 0.433. The van der Waals surface area contributed by atoms with Crippen molar-refractivity contribution < 1.29 is 14.6 Å². The molecule has 1 amide bonds. The topological polar surface area (TPSA) is 58.6 Å². The van der Waals surface area contributed by atoms with Crippen molar-refractivity contribution in [2.45, 2.75) is 38.3 Å². The molecule has 2 aromatic rings. The summed E-state index contributed by atoms with van der Waals surface area (Å²) in [6.07, 6.45) is 3.52. The van der Waals surface area contributed by atoms with E-state index in [1.165, 1.54) is 6.42 Å². The zero-order valence-electron chi connectivity index (χ0n) is 13.0.